The van der Waals surface area contributed by atoms with E-state index in [-0.39, 0.29) is 0 Å². The minimum atomic E-state index is 0.329. The number of ketones is 1. The van der Waals surface area contributed by atoms with Gasteiger partial charge < -0.3 is 0 Å². The van der Waals surface area contributed by atoms with Gasteiger partial charge in [0.15, 0.2) is 5.78 Å². The van der Waals surface area contributed by atoms with Gasteiger partial charge in [-0.15, -0.1) is 0 Å². The van der Waals surface area contributed by atoms with E-state index in [1.807, 2.05) is 6.08 Å². The molecule has 4 aliphatic rings. The van der Waals surface area contributed by atoms with Crippen LogP contribution in [-0.2, 0) is 4.79 Å². The van der Waals surface area contributed by atoms with Crippen LogP contribution >= 0.6 is 0 Å². The molecule has 0 aromatic rings. The van der Waals surface area contributed by atoms with Crippen LogP contribution < -0.4 is 0 Å². The van der Waals surface area contributed by atoms with Gasteiger partial charge in [0.05, 0.1) is 0 Å². The van der Waals surface area contributed by atoms with Crippen LogP contribution in [0.3, 0.4) is 0 Å². The smallest absolute Gasteiger partial charge is 0.155 e. The number of fused-ring (bicyclic) bond motifs is 5. The van der Waals surface area contributed by atoms with E-state index >= 15 is 0 Å². The normalized spacial score (nSPS) is 47.8. The van der Waals surface area contributed by atoms with Crippen LogP contribution in [0, 0.1) is 28.6 Å². The molecule has 0 aromatic carbocycles. The number of carbonyl (C=O) groups excluding carboxylic acids is 1. The van der Waals surface area contributed by atoms with E-state index in [1.54, 1.807) is 5.57 Å². The van der Waals surface area contributed by atoms with Gasteiger partial charge in [0.25, 0.3) is 0 Å². The fraction of sp³-hybridized carbons (Fsp3) is 0.773. The second-order valence-electron chi connectivity index (χ2n) is 9.10. The number of hydrogen-bond acceptors (Lipinski definition) is 1. The summed E-state index contributed by atoms with van der Waals surface area (Å²) in [4.78, 5) is 11.9. The molecule has 0 radical (unpaired) electrons. The standard InChI is InChI=1S/C22H32O/c1-4-5-15-7-9-19-18-8-6-16-14-17(23)10-12-22(16,3)20(18)11-13-21(15,19)2/h5,14,18-20H,4,6-13H2,1-3H3/t18-,19-,20-,21+,22-/m0/s1. The third-order valence-electron chi connectivity index (χ3n) is 8.26. The molecule has 4 rings (SSSR count). The minimum absolute atomic E-state index is 0.329. The first-order valence-electron chi connectivity index (χ1n) is 9.92. The van der Waals surface area contributed by atoms with Gasteiger partial charge in [0.2, 0.25) is 0 Å². The molecule has 0 unspecified atom stereocenters. The van der Waals surface area contributed by atoms with E-state index in [2.05, 4.69) is 26.8 Å². The molecule has 0 N–H and O–H groups in total. The Balaban J connectivity index is 1.67. The fourth-order valence-electron chi connectivity index (χ4n) is 6.99. The zero-order chi connectivity index (χ0) is 16.2. The van der Waals surface area contributed by atoms with Crippen LogP contribution in [0.2, 0.25) is 0 Å². The highest BCUT2D eigenvalue weighted by Gasteiger charge is 2.57. The molecule has 4 aliphatic carbocycles. The molecule has 3 saturated carbocycles. The molecule has 0 heterocycles. The number of hydrogen-bond donors (Lipinski definition) is 0. The zero-order valence-corrected chi connectivity index (χ0v) is 15.2. The van der Waals surface area contributed by atoms with Crippen molar-refractivity contribution < 1.29 is 4.79 Å². The zero-order valence-electron chi connectivity index (χ0n) is 15.2. The van der Waals surface area contributed by atoms with Crippen LogP contribution in [-0.4, -0.2) is 5.78 Å². The van der Waals surface area contributed by atoms with Gasteiger partial charge in [-0.25, -0.2) is 0 Å². The van der Waals surface area contributed by atoms with Crippen molar-refractivity contribution in [2.24, 2.45) is 28.6 Å². The maximum atomic E-state index is 11.9. The highest BCUT2D eigenvalue weighted by atomic mass is 16.1. The van der Waals surface area contributed by atoms with Crippen molar-refractivity contribution in [3.63, 3.8) is 0 Å². The molecule has 126 valence electrons. The van der Waals surface area contributed by atoms with Crippen molar-refractivity contribution in [2.75, 3.05) is 0 Å². The van der Waals surface area contributed by atoms with E-state index < -0.39 is 0 Å². The molecule has 23 heavy (non-hydrogen) atoms. The first-order valence-corrected chi connectivity index (χ1v) is 9.92. The topological polar surface area (TPSA) is 17.1 Å². The SMILES string of the molecule is CCC=C1CC[C@H]2[C@@H]3CCC4=CC(=O)CC[C@]4(C)[C@H]3CC[C@]12C. The van der Waals surface area contributed by atoms with Gasteiger partial charge >= 0.3 is 0 Å². The molecule has 0 spiro atoms. The fourth-order valence-corrected chi connectivity index (χ4v) is 6.99. The summed E-state index contributed by atoms with van der Waals surface area (Å²) >= 11 is 0. The Kier molecular flexibility index (Phi) is 3.63. The summed E-state index contributed by atoms with van der Waals surface area (Å²) in [7, 11) is 0. The predicted octanol–water partition coefficient (Wildman–Crippen LogP) is 5.85. The second-order valence-corrected chi connectivity index (χ2v) is 9.10. The molecular formula is C22H32O. The van der Waals surface area contributed by atoms with Gasteiger partial charge in [-0.3, -0.25) is 4.79 Å². The number of carbonyl (C=O) groups is 1. The molecule has 0 saturated heterocycles. The summed E-state index contributed by atoms with van der Waals surface area (Å²) in [5.74, 6) is 3.00. The van der Waals surface area contributed by atoms with Gasteiger partial charge in [-0.05, 0) is 86.0 Å². The van der Waals surface area contributed by atoms with E-state index in [0.29, 0.717) is 16.6 Å². The third kappa shape index (κ3) is 2.14. The van der Waals surface area contributed by atoms with Crippen molar-refractivity contribution >= 4 is 5.78 Å². The Morgan fingerprint density at radius 3 is 2.61 bits per heavy atom. The molecular weight excluding hydrogens is 280 g/mol. The van der Waals surface area contributed by atoms with Crippen molar-refractivity contribution in [3.8, 4) is 0 Å². The van der Waals surface area contributed by atoms with Crippen molar-refractivity contribution in [1.82, 2.24) is 0 Å². The van der Waals surface area contributed by atoms with Crippen LogP contribution in [0.5, 0.6) is 0 Å². The van der Waals surface area contributed by atoms with E-state index in [0.717, 1.165) is 30.6 Å². The molecule has 1 heteroatoms. The molecule has 5 atom stereocenters. The minimum Gasteiger partial charge on any atom is -0.295 e. The van der Waals surface area contributed by atoms with E-state index in [9.17, 15) is 4.79 Å². The first-order chi connectivity index (χ1) is 11.0. The summed E-state index contributed by atoms with van der Waals surface area (Å²) in [5, 5.41) is 0. The summed E-state index contributed by atoms with van der Waals surface area (Å²) in [6.45, 7) is 7.34. The van der Waals surface area contributed by atoms with Gasteiger partial charge in [-0.1, -0.05) is 38.0 Å². The van der Waals surface area contributed by atoms with Crippen LogP contribution in [0.15, 0.2) is 23.3 Å². The Hall–Kier alpha value is -0.850. The molecule has 0 aromatic heterocycles. The lowest BCUT2D eigenvalue weighted by molar-refractivity contribution is -0.117. The van der Waals surface area contributed by atoms with Crippen LogP contribution in [0.25, 0.3) is 0 Å². The Labute approximate surface area is 141 Å². The highest BCUT2D eigenvalue weighted by Crippen LogP contribution is 2.66. The maximum absolute atomic E-state index is 11.9. The van der Waals surface area contributed by atoms with E-state index in [1.165, 1.54) is 50.5 Å². The third-order valence-corrected chi connectivity index (χ3v) is 8.26. The van der Waals surface area contributed by atoms with Crippen molar-refractivity contribution in [2.45, 2.75) is 78.6 Å². The largest absolute Gasteiger partial charge is 0.295 e. The molecule has 1 nitrogen and oxygen atoms in total. The highest BCUT2D eigenvalue weighted by molar-refractivity contribution is 5.91. The number of allylic oxidation sites excluding steroid dienone is 3. The average Bonchev–Trinajstić information content (AvgIpc) is 2.85. The van der Waals surface area contributed by atoms with E-state index in [4.69, 9.17) is 0 Å². The van der Waals surface area contributed by atoms with Crippen LogP contribution in [0.1, 0.15) is 78.6 Å². The monoisotopic (exact) mass is 312 g/mol. The summed E-state index contributed by atoms with van der Waals surface area (Å²) in [6, 6.07) is 0. The second kappa shape index (κ2) is 5.33. The lowest BCUT2D eigenvalue weighted by atomic mass is 9.47. The Morgan fingerprint density at radius 1 is 1.04 bits per heavy atom. The lowest BCUT2D eigenvalue weighted by Gasteiger charge is -2.57. The van der Waals surface area contributed by atoms with Crippen LogP contribution in [0.4, 0.5) is 0 Å². The molecule has 0 amide bonds. The van der Waals surface area contributed by atoms with Crippen molar-refractivity contribution in [1.29, 1.82) is 0 Å². The van der Waals surface area contributed by atoms with Gasteiger partial charge in [-0.2, -0.15) is 0 Å². The van der Waals surface area contributed by atoms with Gasteiger partial charge in [0, 0.05) is 6.42 Å². The lowest BCUT2D eigenvalue weighted by Crippen LogP contribution is -2.49. The first kappa shape index (κ1) is 15.7. The Bertz CT molecular complexity index is 583. The summed E-state index contributed by atoms with van der Waals surface area (Å²) < 4.78 is 0. The Morgan fingerprint density at radius 2 is 1.83 bits per heavy atom. The maximum Gasteiger partial charge on any atom is 0.155 e. The quantitative estimate of drug-likeness (QED) is 0.555. The summed E-state index contributed by atoms with van der Waals surface area (Å²) in [5.41, 5.74) is 4.09. The van der Waals surface area contributed by atoms with Gasteiger partial charge in [0.1, 0.15) is 0 Å². The predicted molar refractivity (Wildman–Crippen MR) is 95.1 cm³/mol. The van der Waals surface area contributed by atoms with Crippen molar-refractivity contribution in [3.05, 3.63) is 23.3 Å². The molecule has 0 bridgehead atoms. The average molecular weight is 312 g/mol. The number of rotatable bonds is 1. The summed E-state index contributed by atoms with van der Waals surface area (Å²) in [6.07, 6.45) is 15.7. The molecule has 0 aliphatic heterocycles. The molecule has 3 fully saturated rings.